The predicted octanol–water partition coefficient (Wildman–Crippen LogP) is 5.82. The molecule has 4 rings (SSSR count). The molecule has 0 aliphatic carbocycles. The van der Waals surface area contributed by atoms with Gasteiger partial charge in [0.25, 0.3) is 5.91 Å². The minimum atomic E-state index is -0.385. The Morgan fingerprint density at radius 3 is 2.51 bits per heavy atom. The summed E-state index contributed by atoms with van der Waals surface area (Å²) in [6.07, 6.45) is 4.00. The summed E-state index contributed by atoms with van der Waals surface area (Å²) in [5.74, 6) is 0.553. The fourth-order valence-electron chi connectivity index (χ4n) is 3.59. The first-order valence-corrected chi connectivity index (χ1v) is 11.2. The van der Waals surface area contributed by atoms with Crippen LogP contribution in [0.3, 0.4) is 0 Å². The lowest BCUT2D eigenvalue weighted by atomic mass is 10.0. The van der Waals surface area contributed by atoms with E-state index in [9.17, 15) is 9.18 Å². The molecule has 0 saturated carbocycles. The van der Waals surface area contributed by atoms with Crippen LogP contribution in [0, 0.1) is 5.82 Å². The third kappa shape index (κ3) is 6.32. The SMILES string of the molecule is C=CCc1ccccc1OCC(=O)NN=Cc1c(OCc2ccc(F)cc2)ccc2ccccc12. The summed E-state index contributed by atoms with van der Waals surface area (Å²) in [5, 5.41) is 6.08. The average molecular weight is 469 g/mol. The molecule has 0 atom stereocenters. The normalized spacial score (nSPS) is 10.9. The van der Waals surface area contributed by atoms with Crippen molar-refractivity contribution in [1.82, 2.24) is 5.43 Å². The van der Waals surface area contributed by atoms with Crippen molar-refractivity contribution in [3.05, 3.63) is 120 Å². The van der Waals surface area contributed by atoms with Crippen molar-refractivity contribution in [1.29, 1.82) is 0 Å². The number of nitrogens with one attached hydrogen (secondary N) is 1. The van der Waals surface area contributed by atoms with E-state index in [4.69, 9.17) is 9.47 Å². The lowest BCUT2D eigenvalue weighted by Crippen LogP contribution is -2.24. The van der Waals surface area contributed by atoms with E-state index in [0.717, 1.165) is 27.5 Å². The summed E-state index contributed by atoms with van der Waals surface area (Å²) in [4.78, 5) is 12.3. The molecule has 0 saturated heterocycles. The first kappa shape index (κ1) is 23.7. The van der Waals surface area contributed by atoms with E-state index in [-0.39, 0.29) is 24.9 Å². The van der Waals surface area contributed by atoms with E-state index in [1.54, 1.807) is 24.4 Å². The highest BCUT2D eigenvalue weighted by molar-refractivity contribution is 6.02. The lowest BCUT2D eigenvalue weighted by molar-refractivity contribution is -0.123. The number of ether oxygens (including phenoxy) is 2. The van der Waals surface area contributed by atoms with Crippen LogP contribution in [0.2, 0.25) is 0 Å². The third-order valence-corrected chi connectivity index (χ3v) is 5.32. The van der Waals surface area contributed by atoms with Crippen LogP contribution in [-0.2, 0) is 17.8 Å². The van der Waals surface area contributed by atoms with Crippen molar-refractivity contribution in [3.8, 4) is 11.5 Å². The zero-order valence-corrected chi connectivity index (χ0v) is 19.1. The van der Waals surface area contributed by atoms with Crippen molar-refractivity contribution in [2.45, 2.75) is 13.0 Å². The molecule has 0 radical (unpaired) electrons. The lowest BCUT2D eigenvalue weighted by Gasteiger charge is -2.12. The van der Waals surface area contributed by atoms with Gasteiger partial charge in [0.1, 0.15) is 23.9 Å². The topological polar surface area (TPSA) is 59.9 Å². The number of hydrogen-bond donors (Lipinski definition) is 1. The molecule has 5 nitrogen and oxygen atoms in total. The van der Waals surface area contributed by atoms with Crippen LogP contribution >= 0.6 is 0 Å². The molecule has 6 heteroatoms. The van der Waals surface area contributed by atoms with Crippen LogP contribution in [0.5, 0.6) is 11.5 Å². The van der Waals surface area contributed by atoms with Gasteiger partial charge in [-0.15, -0.1) is 6.58 Å². The van der Waals surface area contributed by atoms with Gasteiger partial charge in [-0.25, -0.2) is 9.82 Å². The van der Waals surface area contributed by atoms with Crippen molar-refractivity contribution >= 4 is 22.9 Å². The molecule has 0 spiro atoms. The molecule has 0 aromatic heterocycles. The minimum Gasteiger partial charge on any atom is -0.488 e. The molecule has 0 unspecified atom stereocenters. The maximum absolute atomic E-state index is 13.2. The number of carbonyl (C=O) groups excluding carboxylic acids is 1. The van der Waals surface area contributed by atoms with E-state index < -0.39 is 0 Å². The molecule has 0 fully saturated rings. The highest BCUT2D eigenvalue weighted by Crippen LogP contribution is 2.27. The number of halogens is 1. The number of amides is 1. The molecule has 176 valence electrons. The van der Waals surface area contributed by atoms with Gasteiger partial charge in [0.2, 0.25) is 0 Å². The molecule has 35 heavy (non-hydrogen) atoms. The Hall–Kier alpha value is -4.45. The number of rotatable bonds is 10. The number of carbonyl (C=O) groups is 1. The molecule has 4 aromatic carbocycles. The second-order valence-electron chi connectivity index (χ2n) is 7.80. The first-order valence-electron chi connectivity index (χ1n) is 11.2. The van der Waals surface area contributed by atoms with E-state index in [2.05, 4.69) is 17.1 Å². The molecule has 1 amide bonds. The third-order valence-electron chi connectivity index (χ3n) is 5.32. The highest BCUT2D eigenvalue weighted by atomic mass is 19.1. The molecule has 1 N–H and O–H groups in total. The van der Waals surface area contributed by atoms with Crippen molar-refractivity contribution < 1.29 is 18.7 Å². The number of hydrogen-bond acceptors (Lipinski definition) is 4. The number of para-hydroxylation sites is 1. The van der Waals surface area contributed by atoms with Crippen LogP contribution in [0.25, 0.3) is 10.8 Å². The number of allylic oxidation sites excluding steroid dienone is 1. The number of hydrazone groups is 1. The second-order valence-corrected chi connectivity index (χ2v) is 7.80. The zero-order valence-electron chi connectivity index (χ0n) is 19.1. The minimum absolute atomic E-state index is 0.172. The van der Waals surface area contributed by atoms with Crippen LogP contribution in [0.15, 0.2) is 103 Å². The zero-order chi connectivity index (χ0) is 24.5. The van der Waals surface area contributed by atoms with E-state index in [1.807, 2.05) is 60.7 Å². The fraction of sp³-hybridized carbons (Fsp3) is 0.103. The van der Waals surface area contributed by atoms with Gasteiger partial charge in [-0.2, -0.15) is 5.10 Å². The van der Waals surface area contributed by atoms with Crippen molar-refractivity contribution in [3.63, 3.8) is 0 Å². The Morgan fingerprint density at radius 2 is 1.69 bits per heavy atom. The van der Waals surface area contributed by atoms with Crippen molar-refractivity contribution in [2.24, 2.45) is 5.10 Å². The Balaban J connectivity index is 1.45. The Kier molecular flexibility index (Phi) is 7.86. The fourth-order valence-corrected chi connectivity index (χ4v) is 3.59. The molecule has 0 aliphatic heterocycles. The molecule has 0 heterocycles. The Labute approximate surface area is 203 Å². The van der Waals surface area contributed by atoms with Gasteiger partial charge in [-0.05, 0) is 52.6 Å². The Morgan fingerprint density at radius 1 is 0.914 bits per heavy atom. The largest absolute Gasteiger partial charge is 0.488 e. The molecule has 0 aliphatic rings. The summed E-state index contributed by atoms with van der Waals surface area (Å²) >= 11 is 0. The number of fused-ring (bicyclic) bond motifs is 1. The smallest absolute Gasteiger partial charge is 0.277 e. The van der Waals surface area contributed by atoms with Gasteiger partial charge in [-0.1, -0.05) is 66.7 Å². The summed E-state index contributed by atoms with van der Waals surface area (Å²) in [7, 11) is 0. The number of benzene rings is 4. The first-order chi connectivity index (χ1) is 17.1. The molecule has 4 aromatic rings. The van der Waals surface area contributed by atoms with Gasteiger partial charge in [0.05, 0.1) is 6.21 Å². The summed E-state index contributed by atoms with van der Waals surface area (Å²) in [5.41, 5.74) is 5.03. The van der Waals surface area contributed by atoms with E-state index >= 15 is 0 Å². The maximum atomic E-state index is 13.2. The molecular weight excluding hydrogens is 443 g/mol. The van der Waals surface area contributed by atoms with Crippen molar-refractivity contribution in [2.75, 3.05) is 6.61 Å². The molecule has 0 bridgehead atoms. The van der Waals surface area contributed by atoms with Gasteiger partial charge in [0.15, 0.2) is 6.61 Å². The quantitative estimate of drug-likeness (QED) is 0.181. The predicted molar refractivity (Wildman–Crippen MR) is 136 cm³/mol. The van der Waals surface area contributed by atoms with Crippen LogP contribution in [-0.4, -0.2) is 18.7 Å². The number of nitrogens with zero attached hydrogens (tertiary/aromatic N) is 1. The second kappa shape index (κ2) is 11.6. The van der Waals surface area contributed by atoms with Gasteiger partial charge >= 0.3 is 0 Å². The van der Waals surface area contributed by atoms with Crippen LogP contribution in [0.1, 0.15) is 16.7 Å². The highest BCUT2D eigenvalue weighted by Gasteiger charge is 2.09. The summed E-state index contributed by atoms with van der Waals surface area (Å²) in [6, 6.07) is 25.3. The van der Waals surface area contributed by atoms with E-state index in [1.165, 1.54) is 12.1 Å². The monoisotopic (exact) mass is 468 g/mol. The summed E-state index contributed by atoms with van der Waals surface area (Å²) < 4.78 is 24.9. The molecular formula is C29H25FN2O3. The average Bonchev–Trinajstić information content (AvgIpc) is 2.88. The van der Waals surface area contributed by atoms with Crippen LogP contribution in [0.4, 0.5) is 4.39 Å². The maximum Gasteiger partial charge on any atom is 0.277 e. The van der Waals surface area contributed by atoms with Gasteiger partial charge in [0, 0.05) is 5.56 Å². The standard InChI is InChI=1S/C29H25FN2O3/c1-2-7-23-9-4-6-11-27(23)35-20-29(33)32-31-18-26-25-10-5-3-8-22(25)14-17-28(26)34-19-21-12-15-24(30)16-13-21/h2-6,8-18H,1,7,19-20H2,(H,32,33). The van der Waals surface area contributed by atoms with Crippen LogP contribution < -0.4 is 14.9 Å². The van der Waals surface area contributed by atoms with E-state index in [0.29, 0.717) is 17.9 Å². The van der Waals surface area contributed by atoms with Gasteiger partial charge in [-0.3, -0.25) is 4.79 Å². The Bertz CT molecular complexity index is 1350. The van der Waals surface area contributed by atoms with Gasteiger partial charge < -0.3 is 9.47 Å². The summed E-state index contributed by atoms with van der Waals surface area (Å²) in [6.45, 7) is 3.84.